The maximum atomic E-state index is 12.6. The Balaban J connectivity index is 1.87. The van der Waals surface area contributed by atoms with Gasteiger partial charge in [0.25, 0.3) is 5.91 Å². The molecule has 6 heteroatoms. The molecule has 1 aliphatic rings. The van der Waals surface area contributed by atoms with E-state index in [0.717, 1.165) is 59.5 Å². The van der Waals surface area contributed by atoms with Crippen molar-refractivity contribution < 1.29 is 14.3 Å². The van der Waals surface area contributed by atoms with Crippen LogP contribution in [-0.2, 0) is 13.0 Å². The number of rotatable bonds is 8. The van der Waals surface area contributed by atoms with Crippen molar-refractivity contribution in [1.29, 1.82) is 0 Å². The van der Waals surface area contributed by atoms with Crippen LogP contribution in [0.5, 0.6) is 11.5 Å². The summed E-state index contributed by atoms with van der Waals surface area (Å²) in [5.41, 5.74) is 11.4. The fourth-order valence-corrected chi connectivity index (χ4v) is 4.66. The van der Waals surface area contributed by atoms with Crippen molar-refractivity contribution in [3.63, 3.8) is 0 Å². The smallest absolute Gasteiger partial charge is 0.251 e. The number of hydrogen-bond acceptors (Lipinski definition) is 3. The fraction of sp³-hybridized carbons (Fsp3) is 0.346. The molecule has 0 bridgehead atoms. The van der Waals surface area contributed by atoms with Gasteiger partial charge in [0, 0.05) is 28.5 Å². The van der Waals surface area contributed by atoms with Crippen LogP contribution >= 0.6 is 11.6 Å². The number of fused-ring (bicyclic) bond motifs is 1. The Labute approximate surface area is 194 Å². The van der Waals surface area contributed by atoms with E-state index in [0.29, 0.717) is 36.1 Å². The van der Waals surface area contributed by atoms with Crippen LogP contribution in [0.25, 0.3) is 11.1 Å². The van der Waals surface area contributed by atoms with Gasteiger partial charge in [0.1, 0.15) is 13.2 Å². The summed E-state index contributed by atoms with van der Waals surface area (Å²) in [6.07, 6.45) is 4.13. The lowest BCUT2D eigenvalue weighted by Gasteiger charge is -2.19. The van der Waals surface area contributed by atoms with Crippen LogP contribution in [0.2, 0.25) is 5.02 Å². The monoisotopic (exact) mass is 452 g/mol. The number of hydrogen-bond donors (Lipinski definition) is 1. The highest BCUT2D eigenvalue weighted by molar-refractivity contribution is 6.30. The van der Waals surface area contributed by atoms with E-state index in [2.05, 4.69) is 17.6 Å². The maximum absolute atomic E-state index is 12.6. The van der Waals surface area contributed by atoms with Gasteiger partial charge in [0.05, 0.1) is 5.56 Å². The third-order valence-corrected chi connectivity index (χ3v) is 6.19. The van der Waals surface area contributed by atoms with Crippen LogP contribution in [0.4, 0.5) is 0 Å². The van der Waals surface area contributed by atoms with Crippen molar-refractivity contribution >= 4 is 17.5 Å². The first kappa shape index (κ1) is 22.3. The van der Waals surface area contributed by atoms with Gasteiger partial charge < -0.3 is 19.8 Å². The van der Waals surface area contributed by atoms with Crippen molar-refractivity contribution in [3.8, 4) is 22.6 Å². The number of amides is 1. The second-order valence-corrected chi connectivity index (χ2v) is 8.61. The first-order chi connectivity index (χ1) is 15.5. The molecule has 1 aliphatic heterocycles. The molecule has 0 unspecified atom stereocenters. The fourth-order valence-electron chi connectivity index (χ4n) is 4.44. The Bertz CT molecular complexity index is 1140. The highest BCUT2D eigenvalue weighted by Crippen LogP contribution is 2.39. The van der Waals surface area contributed by atoms with Gasteiger partial charge in [0.15, 0.2) is 11.5 Å². The SMILES string of the molecule is CCCCCc1c(-c2ccc3c(c2)OCCO3)c(C(N)=O)c(C)n1Cc1cccc(Cl)c1. The predicted octanol–water partition coefficient (Wildman–Crippen LogP) is 5.77. The number of nitrogens with zero attached hydrogens (tertiary/aromatic N) is 1. The Hall–Kier alpha value is -2.92. The van der Waals surface area contributed by atoms with Gasteiger partial charge in [-0.1, -0.05) is 49.6 Å². The molecule has 3 aromatic rings. The number of benzene rings is 2. The number of ether oxygens (including phenoxy) is 2. The van der Waals surface area contributed by atoms with Gasteiger partial charge in [-0.05, 0) is 55.2 Å². The van der Waals surface area contributed by atoms with E-state index < -0.39 is 5.91 Å². The summed E-state index contributed by atoms with van der Waals surface area (Å²) in [5, 5.41) is 0.696. The summed E-state index contributed by atoms with van der Waals surface area (Å²) in [4.78, 5) is 12.6. The van der Waals surface area contributed by atoms with Gasteiger partial charge in [0.2, 0.25) is 0 Å². The minimum absolute atomic E-state index is 0.422. The molecule has 168 valence electrons. The zero-order valence-corrected chi connectivity index (χ0v) is 19.4. The van der Waals surface area contributed by atoms with E-state index >= 15 is 0 Å². The third kappa shape index (κ3) is 4.49. The molecular weight excluding hydrogens is 424 g/mol. The highest BCUT2D eigenvalue weighted by Gasteiger charge is 2.26. The number of unbranched alkanes of at least 4 members (excludes halogenated alkanes) is 2. The van der Waals surface area contributed by atoms with Gasteiger partial charge in [-0.2, -0.15) is 0 Å². The van der Waals surface area contributed by atoms with Crippen molar-refractivity contribution in [3.05, 3.63) is 70.0 Å². The zero-order chi connectivity index (χ0) is 22.7. The normalized spacial score (nSPS) is 12.7. The van der Waals surface area contributed by atoms with Gasteiger partial charge in [-0.25, -0.2) is 0 Å². The molecule has 2 heterocycles. The number of primary amides is 1. The van der Waals surface area contributed by atoms with E-state index in [1.165, 1.54) is 0 Å². The van der Waals surface area contributed by atoms with Gasteiger partial charge in [-0.15, -0.1) is 0 Å². The van der Waals surface area contributed by atoms with Crippen molar-refractivity contribution in [2.75, 3.05) is 13.2 Å². The average Bonchev–Trinajstić information content (AvgIpc) is 3.05. The molecule has 0 aliphatic carbocycles. The average molecular weight is 453 g/mol. The third-order valence-electron chi connectivity index (χ3n) is 5.96. The van der Waals surface area contributed by atoms with Crippen molar-refractivity contribution in [2.24, 2.45) is 5.73 Å². The Morgan fingerprint density at radius 1 is 1.09 bits per heavy atom. The molecule has 0 saturated heterocycles. The molecule has 0 atom stereocenters. The molecule has 1 amide bonds. The summed E-state index contributed by atoms with van der Waals surface area (Å²) >= 11 is 6.23. The second-order valence-electron chi connectivity index (χ2n) is 8.18. The molecule has 1 aromatic heterocycles. The summed E-state index contributed by atoms with van der Waals surface area (Å²) in [5.74, 6) is 1.00. The zero-order valence-electron chi connectivity index (χ0n) is 18.6. The Morgan fingerprint density at radius 3 is 2.59 bits per heavy atom. The molecule has 5 nitrogen and oxygen atoms in total. The lowest BCUT2D eigenvalue weighted by molar-refractivity contribution is 0.1000. The molecule has 0 spiro atoms. The van der Waals surface area contributed by atoms with Gasteiger partial charge >= 0.3 is 0 Å². The second kappa shape index (κ2) is 9.70. The molecule has 2 aromatic carbocycles. The molecule has 0 saturated carbocycles. The summed E-state index contributed by atoms with van der Waals surface area (Å²) in [6.45, 7) is 5.83. The molecular formula is C26H29ClN2O3. The van der Waals surface area contributed by atoms with Crippen LogP contribution in [0, 0.1) is 6.92 Å². The van der Waals surface area contributed by atoms with E-state index in [9.17, 15) is 4.79 Å². The lowest BCUT2D eigenvalue weighted by atomic mass is 9.97. The van der Waals surface area contributed by atoms with Gasteiger partial charge in [-0.3, -0.25) is 4.79 Å². The largest absolute Gasteiger partial charge is 0.486 e. The number of aromatic nitrogens is 1. The van der Waals surface area contributed by atoms with E-state index in [4.69, 9.17) is 26.8 Å². The number of halogens is 1. The molecule has 0 radical (unpaired) electrons. The first-order valence-corrected chi connectivity index (χ1v) is 11.5. The lowest BCUT2D eigenvalue weighted by Crippen LogP contribution is -2.15. The standard InChI is InChI=1S/C26H29ClN2O3/c1-3-4-5-9-21-25(19-10-11-22-23(15-19)32-13-12-31-22)24(26(28)30)17(2)29(21)16-18-7-6-8-20(27)14-18/h6-8,10-11,14-15H,3-5,9,12-13,16H2,1-2H3,(H2,28,30). The summed E-state index contributed by atoms with van der Waals surface area (Å²) in [7, 11) is 0. The highest BCUT2D eigenvalue weighted by atomic mass is 35.5. The quantitative estimate of drug-likeness (QED) is 0.441. The van der Waals surface area contributed by atoms with E-state index in [1.807, 2.05) is 43.3 Å². The Kier molecular flexibility index (Phi) is 6.75. The number of nitrogens with two attached hydrogens (primary N) is 1. The van der Waals surface area contributed by atoms with Crippen LogP contribution in [0.1, 0.15) is 53.5 Å². The van der Waals surface area contributed by atoms with E-state index in [1.54, 1.807) is 0 Å². The van der Waals surface area contributed by atoms with Crippen LogP contribution in [0.15, 0.2) is 42.5 Å². The van der Waals surface area contributed by atoms with E-state index in [-0.39, 0.29) is 0 Å². The van der Waals surface area contributed by atoms with Crippen molar-refractivity contribution in [2.45, 2.75) is 46.1 Å². The number of carbonyl (C=O) groups excluding carboxylic acids is 1. The minimum Gasteiger partial charge on any atom is -0.486 e. The molecule has 0 fully saturated rings. The topological polar surface area (TPSA) is 66.5 Å². The van der Waals surface area contributed by atoms with Crippen LogP contribution in [0.3, 0.4) is 0 Å². The van der Waals surface area contributed by atoms with Crippen molar-refractivity contribution in [1.82, 2.24) is 4.57 Å². The summed E-state index contributed by atoms with van der Waals surface area (Å²) in [6, 6.07) is 13.7. The molecule has 2 N–H and O–H groups in total. The van der Waals surface area contributed by atoms with Crippen LogP contribution in [-0.4, -0.2) is 23.7 Å². The first-order valence-electron chi connectivity index (χ1n) is 11.2. The Morgan fingerprint density at radius 2 is 1.88 bits per heavy atom. The summed E-state index contributed by atoms with van der Waals surface area (Å²) < 4.78 is 13.7. The minimum atomic E-state index is -0.422. The van der Waals surface area contributed by atoms with Crippen LogP contribution < -0.4 is 15.2 Å². The molecule has 4 rings (SSSR count). The molecule has 32 heavy (non-hydrogen) atoms. The maximum Gasteiger partial charge on any atom is 0.251 e. The number of carbonyl (C=O) groups is 1. The predicted molar refractivity (Wildman–Crippen MR) is 128 cm³/mol.